The maximum atomic E-state index is 7.54. The normalized spacial score (nSPS) is 10.0. The smallest absolute Gasteiger partial charge is 0.161 e. The fraction of sp³-hybridized carbons (Fsp3) is 0.188. The molecule has 0 saturated carbocycles. The molecule has 0 amide bonds. The van der Waals surface area contributed by atoms with Gasteiger partial charge in [-0.05, 0) is 29.8 Å². The molecule has 0 spiro atoms. The Bertz CT molecular complexity index is 641. The highest BCUT2D eigenvalue weighted by atomic mass is 16.5. The molecule has 0 atom stereocenters. The lowest BCUT2D eigenvalue weighted by atomic mass is 10.2. The lowest BCUT2D eigenvalue weighted by Crippen LogP contribution is -2.13. The number of nitrogens with one attached hydrogen (secondary N) is 1. The van der Waals surface area contributed by atoms with Crippen molar-refractivity contribution in [1.82, 2.24) is 0 Å². The molecule has 0 saturated heterocycles. The minimum Gasteiger partial charge on any atom is -0.493 e. The first-order valence-electron chi connectivity index (χ1n) is 6.43. The zero-order valence-electron chi connectivity index (χ0n) is 12.1. The molecule has 0 aliphatic rings. The molecule has 2 aromatic carbocycles. The first-order chi connectivity index (χ1) is 10.2. The monoisotopic (exact) mass is 286 g/mol. The van der Waals surface area contributed by atoms with Crippen LogP contribution in [0.5, 0.6) is 17.2 Å². The summed E-state index contributed by atoms with van der Waals surface area (Å²) in [6.45, 7) is 0.352. The van der Waals surface area contributed by atoms with Gasteiger partial charge in [-0.2, -0.15) is 0 Å². The number of rotatable bonds is 6. The lowest BCUT2D eigenvalue weighted by Gasteiger charge is -2.12. The third kappa shape index (κ3) is 3.45. The van der Waals surface area contributed by atoms with Crippen molar-refractivity contribution >= 4 is 5.84 Å². The van der Waals surface area contributed by atoms with E-state index < -0.39 is 0 Å². The summed E-state index contributed by atoms with van der Waals surface area (Å²) in [5, 5.41) is 7.54. The van der Waals surface area contributed by atoms with E-state index in [4.69, 9.17) is 25.4 Å². The van der Waals surface area contributed by atoms with Crippen LogP contribution in [0.2, 0.25) is 0 Å². The predicted octanol–water partition coefficient (Wildman–Crippen LogP) is 2.57. The average molecular weight is 286 g/mol. The molecular weight excluding hydrogens is 268 g/mol. The van der Waals surface area contributed by atoms with Crippen molar-refractivity contribution < 1.29 is 14.2 Å². The van der Waals surface area contributed by atoms with Crippen LogP contribution in [0.25, 0.3) is 0 Å². The molecule has 0 fully saturated rings. The van der Waals surface area contributed by atoms with E-state index in [1.165, 1.54) is 0 Å². The highest BCUT2D eigenvalue weighted by molar-refractivity contribution is 5.97. The largest absolute Gasteiger partial charge is 0.493 e. The standard InChI is InChI=1S/C16H18N2O3/c1-19-14-8-7-11(9-15(14)20-2)10-21-13-6-4-3-5-12(13)16(17)18/h3-9H,10H2,1-2H3,(H3,17,18). The molecule has 5 nitrogen and oxygen atoms in total. The molecule has 0 heterocycles. The van der Waals surface area contributed by atoms with Crippen LogP contribution in [-0.4, -0.2) is 20.1 Å². The summed E-state index contributed by atoms with van der Waals surface area (Å²) >= 11 is 0. The molecule has 21 heavy (non-hydrogen) atoms. The molecule has 0 aliphatic carbocycles. The quantitative estimate of drug-likeness (QED) is 0.632. The Morgan fingerprint density at radius 1 is 1.00 bits per heavy atom. The second kappa shape index (κ2) is 6.65. The third-order valence-corrected chi connectivity index (χ3v) is 3.02. The topological polar surface area (TPSA) is 77.6 Å². The van der Waals surface area contributed by atoms with Crippen LogP contribution >= 0.6 is 0 Å². The Morgan fingerprint density at radius 3 is 2.38 bits per heavy atom. The molecular formula is C16H18N2O3. The highest BCUT2D eigenvalue weighted by Gasteiger charge is 2.08. The van der Waals surface area contributed by atoms with Crippen LogP contribution in [0.15, 0.2) is 42.5 Å². The van der Waals surface area contributed by atoms with Gasteiger partial charge in [-0.1, -0.05) is 18.2 Å². The first-order valence-corrected chi connectivity index (χ1v) is 6.43. The van der Waals surface area contributed by atoms with Crippen LogP contribution in [0.1, 0.15) is 11.1 Å². The first kappa shape index (κ1) is 14.7. The molecule has 0 unspecified atom stereocenters. The number of para-hydroxylation sites is 1. The highest BCUT2D eigenvalue weighted by Crippen LogP contribution is 2.28. The Kier molecular flexibility index (Phi) is 4.66. The zero-order valence-corrected chi connectivity index (χ0v) is 12.1. The fourth-order valence-corrected chi connectivity index (χ4v) is 1.95. The minimum atomic E-state index is -0.0158. The van der Waals surface area contributed by atoms with Crippen molar-refractivity contribution in [1.29, 1.82) is 5.41 Å². The van der Waals surface area contributed by atoms with Gasteiger partial charge in [0.05, 0.1) is 19.8 Å². The van der Waals surface area contributed by atoms with Gasteiger partial charge in [0, 0.05) is 0 Å². The number of hydrogen-bond donors (Lipinski definition) is 2. The van der Waals surface area contributed by atoms with Crippen molar-refractivity contribution in [2.45, 2.75) is 6.61 Å². The molecule has 110 valence electrons. The van der Waals surface area contributed by atoms with Crippen LogP contribution in [0.3, 0.4) is 0 Å². The summed E-state index contributed by atoms with van der Waals surface area (Å²) in [4.78, 5) is 0. The van der Waals surface area contributed by atoms with Crippen molar-refractivity contribution in [3.8, 4) is 17.2 Å². The SMILES string of the molecule is COc1ccc(COc2ccccc2C(=N)N)cc1OC. The molecule has 0 bridgehead atoms. The number of benzene rings is 2. The van der Waals surface area contributed by atoms with E-state index in [1.54, 1.807) is 26.4 Å². The van der Waals surface area contributed by atoms with Crippen LogP contribution in [-0.2, 0) is 6.61 Å². The van der Waals surface area contributed by atoms with Crippen LogP contribution in [0, 0.1) is 5.41 Å². The van der Waals surface area contributed by atoms with E-state index in [9.17, 15) is 0 Å². The number of ether oxygens (including phenoxy) is 3. The van der Waals surface area contributed by atoms with Gasteiger partial charge >= 0.3 is 0 Å². The second-order valence-electron chi connectivity index (χ2n) is 4.39. The average Bonchev–Trinajstić information content (AvgIpc) is 2.52. The van der Waals surface area contributed by atoms with E-state index >= 15 is 0 Å². The van der Waals surface area contributed by atoms with Gasteiger partial charge in [0.25, 0.3) is 0 Å². The number of methoxy groups -OCH3 is 2. The number of nitrogens with two attached hydrogens (primary N) is 1. The van der Waals surface area contributed by atoms with Crippen LogP contribution in [0.4, 0.5) is 0 Å². The number of nitrogen functional groups attached to an aromatic ring is 1. The Morgan fingerprint density at radius 2 is 1.71 bits per heavy atom. The summed E-state index contributed by atoms with van der Waals surface area (Å²) in [6.07, 6.45) is 0. The number of amidine groups is 1. The van der Waals surface area contributed by atoms with Gasteiger partial charge in [0.2, 0.25) is 0 Å². The van der Waals surface area contributed by atoms with E-state index in [-0.39, 0.29) is 5.84 Å². The second-order valence-corrected chi connectivity index (χ2v) is 4.39. The fourth-order valence-electron chi connectivity index (χ4n) is 1.95. The summed E-state index contributed by atoms with van der Waals surface area (Å²) < 4.78 is 16.2. The minimum absolute atomic E-state index is 0.0158. The van der Waals surface area contributed by atoms with E-state index in [0.717, 1.165) is 5.56 Å². The molecule has 0 aliphatic heterocycles. The van der Waals surface area contributed by atoms with E-state index in [0.29, 0.717) is 29.4 Å². The van der Waals surface area contributed by atoms with Gasteiger partial charge in [0.15, 0.2) is 11.5 Å². The Labute approximate surface area is 123 Å². The van der Waals surface area contributed by atoms with Gasteiger partial charge in [-0.25, -0.2) is 0 Å². The van der Waals surface area contributed by atoms with E-state index in [2.05, 4.69) is 0 Å². The molecule has 0 aromatic heterocycles. The summed E-state index contributed by atoms with van der Waals surface area (Å²) in [5.41, 5.74) is 7.05. The maximum absolute atomic E-state index is 7.54. The summed E-state index contributed by atoms with van der Waals surface area (Å²) in [6, 6.07) is 12.8. The van der Waals surface area contributed by atoms with Crippen LogP contribution < -0.4 is 19.9 Å². The summed E-state index contributed by atoms with van der Waals surface area (Å²) in [7, 11) is 3.19. The predicted molar refractivity (Wildman–Crippen MR) is 81.3 cm³/mol. The van der Waals surface area contributed by atoms with Crippen molar-refractivity contribution in [3.63, 3.8) is 0 Å². The molecule has 2 rings (SSSR count). The molecule has 2 aromatic rings. The molecule has 5 heteroatoms. The lowest BCUT2D eigenvalue weighted by molar-refractivity contribution is 0.303. The molecule has 0 radical (unpaired) electrons. The van der Waals surface area contributed by atoms with E-state index in [1.807, 2.05) is 30.3 Å². The Hall–Kier alpha value is -2.69. The summed E-state index contributed by atoms with van der Waals surface area (Å²) in [5.74, 6) is 1.89. The maximum Gasteiger partial charge on any atom is 0.161 e. The third-order valence-electron chi connectivity index (χ3n) is 3.02. The van der Waals surface area contributed by atoms with Gasteiger partial charge in [-0.15, -0.1) is 0 Å². The van der Waals surface area contributed by atoms with Crippen molar-refractivity contribution in [3.05, 3.63) is 53.6 Å². The van der Waals surface area contributed by atoms with Crippen molar-refractivity contribution in [2.75, 3.05) is 14.2 Å². The number of hydrogen-bond acceptors (Lipinski definition) is 4. The Balaban J connectivity index is 2.15. The van der Waals surface area contributed by atoms with Gasteiger partial charge in [0.1, 0.15) is 18.2 Å². The van der Waals surface area contributed by atoms with Crippen molar-refractivity contribution in [2.24, 2.45) is 5.73 Å². The molecule has 3 N–H and O–H groups in total. The van der Waals surface area contributed by atoms with Gasteiger partial charge in [-0.3, -0.25) is 5.41 Å². The zero-order chi connectivity index (χ0) is 15.2. The van der Waals surface area contributed by atoms with Gasteiger partial charge < -0.3 is 19.9 Å².